The molecule has 3 rings (SSSR count). The van der Waals surface area contributed by atoms with E-state index in [1.165, 1.54) is 0 Å². The highest BCUT2D eigenvalue weighted by atomic mass is 35.5. The van der Waals surface area contributed by atoms with Crippen LogP contribution in [0.4, 0.5) is 0 Å². The number of benzene rings is 2. The van der Waals surface area contributed by atoms with Crippen molar-refractivity contribution in [2.24, 2.45) is 0 Å². The van der Waals surface area contributed by atoms with E-state index < -0.39 is 0 Å². The molecule has 0 aliphatic heterocycles. The molecular weight excluding hydrogens is 356 g/mol. The fraction of sp³-hybridized carbons (Fsp3) is 0.263. The van der Waals surface area contributed by atoms with Crippen molar-refractivity contribution in [2.45, 2.75) is 18.5 Å². The van der Waals surface area contributed by atoms with Crippen LogP contribution in [0.1, 0.15) is 12.0 Å². The van der Waals surface area contributed by atoms with Crippen molar-refractivity contribution in [3.05, 3.63) is 63.4 Å². The van der Waals surface area contributed by atoms with Crippen molar-refractivity contribution in [3.63, 3.8) is 0 Å². The number of hydrogen-bond acceptors (Lipinski definition) is 4. The molecule has 0 bridgehead atoms. The maximum atomic E-state index is 13.1. The van der Waals surface area contributed by atoms with Gasteiger partial charge < -0.3 is 4.74 Å². The Kier molecular flexibility index (Phi) is 5.78. The number of aryl methyl sites for hydroxylation is 1. The van der Waals surface area contributed by atoms with Crippen molar-refractivity contribution in [2.75, 3.05) is 19.5 Å². The first-order valence-corrected chi connectivity index (χ1v) is 9.38. The predicted octanol–water partition coefficient (Wildman–Crippen LogP) is 4.48. The largest absolute Gasteiger partial charge is 0.385 e. The summed E-state index contributed by atoms with van der Waals surface area (Å²) in [5, 5.41) is 1.81. The molecule has 0 fully saturated rings. The molecule has 0 aliphatic rings. The van der Waals surface area contributed by atoms with Gasteiger partial charge in [0.05, 0.1) is 16.6 Å². The Balaban J connectivity index is 2.17. The Morgan fingerprint density at radius 2 is 2.04 bits per heavy atom. The molecule has 0 atom stereocenters. The first-order valence-electron chi connectivity index (χ1n) is 8.02. The molecule has 0 amide bonds. The number of methoxy groups -OCH3 is 1. The molecule has 0 spiro atoms. The molecule has 130 valence electrons. The summed E-state index contributed by atoms with van der Waals surface area (Å²) in [5.74, 6) is 0.818. The zero-order chi connectivity index (χ0) is 17.8. The summed E-state index contributed by atoms with van der Waals surface area (Å²) in [6, 6.07) is 13.0. The van der Waals surface area contributed by atoms with Gasteiger partial charge in [-0.2, -0.15) is 0 Å². The van der Waals surface area contributed by atoms with Gasteiger partial charge in [-0.15, -0.1) is 0 Å². The van der Waals surface area contributed by atoms with Crippen LogP contribution in [0, 0.1) is 6.92 Å². The van der Waals surface area contributed by atoms with Crippen LogP contribution in [0.25, 0.3) is 16.6 Å². The minimum atomic E-state index is -0.0785. The Morgan fingerprint density at radius 1 is 1.24 bits per heavy atom. The summed E-state index contributed by atoms with van der Waals surface area (Å²) in [5.41, 5.74) is 2.42. The molecule has 0 saturated carbocycles. The molecule has 0 N–H and O–H groups in total. The second-order valence-corrected chi connectivity index (χ2v) is 7.18. The highest BCUT2D eigenvalue weighted by Gasteiger charge is 2.14. The first-order chi connectivity index (χ1) is 12.1. The summed E-state index contributed by atoms with van der Waals surface area (Å²) in [4.78, 5) is 17.9. The molecule has 0 saturated heterocycles. The predicted molar refractivity (Wildman–Crippen MR) is 104 cm³/mol. The first kappa shape index (κ1) is 18.0. The normalized spacial score (nSPS) is 11.2. The lowest BCUT2D eigenvalue weighted by Crippen LogP contribution is -2.22. The van der Waals surface area contributed by atoms with Gasteiger partial charge in [0.2, 0.25) is 0 Å². The van der Waals surface area contributed by atoms with E-state index in [0.717, 1.165) is 23.4 Å². The second-order valence-electron chi connectivity index (χ2n) is 5.68. The summed E-state index contributed by atoms with van der Waals surface area (Å²) >= 11 is 7.63. The number of rotatable bonds is 6. The van der Waals surface area contributed by atoms with Crippen LogP contribution in [0.5, 0.6) is 0 Å². The summed E-state index contributed by atoms with van der Waals surface area (Å²) in [7, 11) is 1.68. The van der Waals surface area contributed by atoms with Crippen LogP contribution >= 0.6 is 23.4 Å². The van der Waals surface area contributed by atoms with Crippen LogP contribution in [0.3, 0.4) is 0 Å². The van der Waals surface area contributed by atoms with Gasteiger partial charge in [-0.05, 0) is 43.2 Å². The SMILES string of the molecule is COCCCSc1nc2cc(Cl)ccc2c(=O)n1-c1ccccc1C. The molecular formula is C19H19ClN2O2S. The van der Waals surface area contributed by atoms with Gasteiger partial charge in [0.25, 0.3) is 5.56 Å². The minimum Gasteiger partial charge on any atom is -0.385 e. The highest BCUT2D eigenvalue weighted by Crippen LogP contribution is 2.24. The van der Waals surface area contributed by atoms with Crippen LogP contribution < -0.4 is 5.56 Å². The Bertz CT molecular complexity index is 956. The lowest BCUT2D eigenvalue weighted by molar-refractivity contribution is 0.200. The van der Waals surface area contributed by atoms with Gasteiger partial charge in [0.15, 0.2) is 5.16 Å². The topological polar surface area (TPSA) is 44.1 Å². The van der Waals surface area contributed by atoms with Crippen molar-refractivity contribution in [1.82, 2.24) is 9.55 Å². The monoisotopic (exact) mass is 374 g/mol. The Hall–Kier alpha value is -1.82. The Labute approximate surface area is 155 Å². The minimum absolute atomic E-state index is 0.0785. The summed E-state index contributed by atoms with van der Waals surface area (Å²) < 4.78 is 6.80. The van der Waals surface area contributed by atoms with Gasteiger partial charge in [-0.3, -0.25) is 9.36 Å². The van der Waals surface area contributed by atoms with E-state index in [4.69, 9.17) is 21.3 Å². The number of halogens is 1. The van der Waals surface area contributed by atoms with E-state index in [-0.39, 0.29) is 5.56 Å². The zero-order valence-electron chi connectivity index (χ0n) is 14.2. The number of ether oxygens (including phenoxy) is 1. The van der Waals surface area contributed by atoms with E-state index in [1.807, 2.05) is 31.2 Å². The van der Waals surface area contributed by atoms with Crippen LogP contribution in [0.2, 0.25) is 5.02 Å². The molecule has 3 aromatic rings. The fourth-order valence-electron chi connectivity index (χ4n) is 2.63. The van der Waals surface area contributed by atoms with Crippen molar-refractivity contribution < 1.29 is 4.74 Å². The number of fused-ring (bicyclic) bond motifs is 1. The van der Waals surface area contributed by atoms with Crippen LogP contribution in [-0.2, 0) is 4.74 Å². The van der Waals surface area contributed by atoms with Gasteiger partial charge in [0, 0.05) is 24.5 Å². The molecule has 0 aliphatic carbocycles. The molecule has 1 heterocycles. The van der Waals surface area contributed by atoms with Crippen molar-refractivity contribution in [1.29, 1.82) is 0 Å². The highest BCUT2D eigenvalue weighted by molar-refractivity contribution is 7.99. The van der Waals surface area contributed by atoms with E-state index in [1.54, 1.807) is 41.6 Å². The molecule has 1 aromatic heterocycles. The lowest BCUT2D eigenvalue weighted by atomic mass is 10.2. The smallest absolute Gasteiger partial charge is 0.266 e. The average Bonchev–Trinajstić information content (AvgIpc) is 2.60. The second kappa shape index (κ2) is 8.04. The van der Waals surface area contributed by atoms with Gasteiger partial charge in [0.1, 0.15) is 0 Å². The van der Waals surface area contributed by atoms with Crippen LogP contribution in [-0.4, -0.2) is 29.0 Å². The van der Waals surface area contributed by atoms with E-state index in [9.17, 15) is 4.79 Å². The standard InChI is InChI=1S/C19H19ClN2O2S/c1-13-6-3-4-7-17(13)22-18(23)15-9-8-14(20)12-16(15)21-19(22)25-11-5-10-24-2/h3-4,6-9,12H,5,10-11H2,1-2H3. The third kappa shape index (κ3) is 3.89. The average molecular weight is 375 g/mol. The molecule has 0 radical (unpaired) electrons. The summed E-state index contributed by atoms with van der Waals surface area (Å²) in [6.07, 6.45) is 0.887. The molecule has 6 heteroatoms. The number of para-hydroxylation sites is 1. The number of thioether (sulfide) groups is 1. The third-order valence-corrected chi connectivity index (χ3v) is 5.14. The fourth-order valence-corrected chi connectivity index (χ4v) is 3.71. The zero-order valence-corrected chi connectivity index (χ0v) is 15.7. The Morgan fingerprint density at radius 3 is 2.80 bits per heavy atom. The number of hydrogen-bond donors (Lipinski definition) is 0. The van der Waals surface area contributed by atoms with Crippen molar-refractivity contribution >= 4 is 34.3 Å². The van der Waals surface area contributed by atoms with E-state index in [2.05, 4.69) is 0 Å². The maximum Gasteiger partial charge on any atom is 0.266 e. The molecule has 25 heavy (non-hydrogen) atoms. The summed E-state index contributed by atoms with van der Waals surface area (Å²) in [6.45, 7) is 2.67. The number of aromatic nitrogens is 2. The molecule has 0 unspecified atom stereocenters. The van der Waals surface area contributed by atoms with E-state index in [0.29, 0.717) is 27.7 Å². The van der Waals surface area contributed by atoms with Crippen molar-refractivity contribution in [3.8, 4) is 5.69 Å². The van der Waals surface area contributed by atoms with Gasteiger partial charge in [-0.1, -0.05) is 41.6 Å². The quantitative estimate of drug-likeness (QED) is 0.362. The van der Waals surface area contributed by atoms with Gasteiger partial charge >= 0.3 is 0 Å². The molecule has 2 aromatic carbocycles. The third-order valence-electron chi connectivity index (χ3n) is 3.88. The van der Waals surface area contributed by atoms with Gasteiger partial charge in [-0.25, -0.2) is 4.98 Å². The number of nitrogens with zero attached hydrogens (tertiary/aromatic N) is 2. The maximum absolute atomic E-state index is 13.1. The lowest BCUT2D eigenvalue weighted by Gasteiger charge is -2.15. The van der Waals surface area contributed by atoms with Crippen LogP contribution in [0.15, 0.2) is 52.4 Å². The van der Waals surface area contributed by atoms with E-state index >= 15 is 0 Å². The molecule has 4 nitrogen and oxygen atoms in total.